The maximum atomic E-state index is 10.9. The van der Waals surface area contributed by atoms with E-state index >= 15 is 0 Å². The average molecular weight is 259 g/mol. The van der Waals surface area contributed by atoms with Crippen LogP contribution in [0.5, 0.6) is 0 Å². The fourth-order valence-electron chi connectivity index (χ4n) is 1.16. The quantitative estimate of drug-likeness (QED) is 0.559. The van der Waals surface area contributed by atoms with Crippen molar-refractivity contribution < 1.29 is 27.6 Å². The summed E-state index contributed by atoms with van der Waals surface area (Å²) in [6, 6.07) is 0. The monoisotopic (exact) mass is 259 g/mol. The molecule has 15 heavy (non-hydrogen) atoms. The molecule has 3 N–H and O–H groups in total. The van der Waals surface area contributed by atoms with Crippen LogP contribution < -0.4 is 5.73 Å². The van der Waals surface area contributed by atoms with Gasteiger partial charge in [-0.2, -0.15) is 0 Å². The van der Waals surface area contributed by atoms with E-state index in [-0.39, 0.29) is 6.42 Å². The highest BCUT2D eigenvalue weighted by Gasteiger charge is 2.38. The number of rotatable bonds is 5. The van der Waals surface area contributed by atoms with Crippen LogP contribution in [0.2, 0.25) is 0 Å². The molecule has 0 aliphatic carbocycles. The van der Waals surface area contributed by atoms with E-state index in [0.717, 1.165) is 12.8 Å². The predicted octanol–water partition coefficient (Wildman–Crippen LogP) is 0.994. The standard InChI is InChI=1S/C6H15NO6P2/c7-5-3-1-2-4-6(8)11-14(9)13-15(10)12-6/h8,14-15H,1-5,7H2. The van der Waals surface area contributed by atoms with Gasteiger partial charge in [0.25, 0.3) is 5.97 Å². The highest BCUT2D eigenvalue weighted by Crippen LogP contribution is 2.51. The molecule has 1 heterocycles. The Hall–Kier alpha value is 0.260. The van der Waals surface area contributed by atoms with Gasteiger partial charge in [0, 0.05) is 6.42 Å². The molecule has 9 heteroatoms. The normalized spacial score (nSPS) is 36.7. The second-order valence-electron chi connectivity index (χ2n) is 3.12. The van der Waals surface area contributed by atoms with E-state index in [1.807, 2.05) is 0 Å². The molecule has 0 saturated carbocycles. The summed E-state index contributed by atoms with van der Waals surface area (Å²) in [5, 5.41) is 9.61. The Balaban J connectivity index is 2.36. The molecule has 7 nitrogen and oxygen atoms in total. The topological polar surface area (TPSA) is 108 Å². The van der Waals surface area contributed by atoms with Gasteiger partial charge < -0.3 is 10.8 Å². The summed E-state index contributed by atoms with van der Waals surface area (Å²) in [5.41, 5.74) is 5.29. The van der Waals surface area contributed by atoms with Crippen molar-refractivity contribution >= 4 is 16.5 Å². The van der Waals surface area contributed by atoms with Gasteiger partial charge in [-0.15, -0.1) is 0 Å². The minimum atomic E-state index is -2.91. The van der Waals surface area contributed by atoms with Gasteiger partial charge in [-0.05, 0) is 19.4 Å². The maximum Gasteiger partial charge on any atom is 0.330 e. The van der Waals surface area contributed by atoms with E-state index in [0.29, 0.717) is 13.0 Å². The van der Waals surface area contributed by atoms with E-state index in [4.69, 9.17) is 5.73 Å². The lowest BCUT2D eigenvalue weighted by atomic mass is 10.2. The fraction of sp³-hybridized carbons (Fsp3) is 1.00. The Morgan fingerprint density at radius 3 is 2.27 bits per heavy atom. The van der Waals surface area contributed by atoms with Crippen LogP contribution in [0.15, 0.2) is 0 Å². The minimum absolute atomic E-state index is 0.100. The molecule has 0 aromatic heterocycles. The van der Waals surface area contributed by atoms with Crippen LogP contribution in [0.25, 0.3) is 0 Å². The van der Waals surface area contributed by atoms with Crippen molar-refractivity contribution in [1.82, 2.24) is 0 Å². The van der Waals surface area contributed by atoms with Gasteiger partial charge >= 0.3 is 16.5 Å². The van der Waals surface area contributed by atoms with Crippen molar-refractivity contribution in [1.29, 1.82) is 0 Å². The lowest BCUT2D eigenvalue weighted by molar-refractivity contribution is -0.284. The van der Waals surface area contributed by atoms with E-state index in [1.165, 1.54) is 0 Å². The number of hydrogen-bond acceptors (Lipinski definition) is 7. The van der Waals surface area contributed by atoms with Gasteiger partial charge in [-0.1, -0.05) is 6.42 Å². The highest BCUT2D eigenvalue weighted by atomic mass is 31.2. The zero-order valence-corrected chi connectivity index (χ0v) is 10.1. The van der Waals surface area contributed by atoms with E-state index in [1.54, 1.807) is 0 Å². The average Bonchev–Trinajstić information content (AvgIpc) is 2.10. The van der Waals surface area contributed by atoms with Crippen LogP contribution in [-0.4, -0.2) is 17.6 Å². The third-order valence-corrected chi connectivity index (χ3v) is 4.15. The van der Waals surface area contributed by atoms with Crippen molar-refractivity contribution in [3.8, 4) is 0 Å². The molecule has 0 amide bonds. The number of unbranched alkanes of at least 4 members (excludes halogenated alkanes) is 2. The van der Waals surface area contributed by atoms with Crippen molar-refractivity contribution in [2.24, 2.45) is 5.73 Å². The first kappa shape index (κ1) is 13.3. The van der Waals surface area contributed by atoms with Gasteiger partial charge in [-0.3, -0.25) is 18.2 Å². The van der Waals surface area contributed by atoms with Crippen molar-refractivity contribution in [3.05, 3.63) is 0 Å². The van der Waals surface area contributed by atoms with Crippen molar-refractivity contribution in [3.63, 3.8) is 0 Å². The number of hydrogen-bond donors (Lipinski definition) is 2. The summed E-state index contributed by atoms with van der Waals surface area (Å²) in [5.74, 6) is -2.03. The molecule has 0 aromatic carbocycles. The fourth-order valence-corrected chi connectivity index (χ4v) is 2.93. The SMILES string of the molecule is NCCCCCC1(O)O[PH](=O)O[PH](=O)O1. The summed E-state index contributed by atoms with van der Waals surface area (Å²) in [4.78, 5) is 0. The van der Waals surface area contributed by atoms with Crippen LogP contribution in [-0.2, 0) is 22.5 Å². The first-order chi connectivity index (χ1) is 7.06. The summed E-state index contributed by atoms with van der Waals surface area (Å²) < 4.78 is 35.2. The molecule has 1 aliphatic rings. The molecule has 2 atom stereocenters. The molecule has 90 valence electrons. The summed E-state index contributed by atoms with van der Waals surface area (Å²) in [6.07, 6.45) is 2.28. The molecule has 0 aromatic rings. The lowest BCUT2D eigenvalue weighted by Gasteiger charge is -2.29. The highest BCUT2D eigenvalue weighted by molar-refractivity contribution is 7.48. The van der Waals surface area contributed by atoms with Crippen LogP contribution in [0, 0.1) is 0 Å². The molecular weight excluding hydrogens is 244 g/mol. The van der Waals surface area contributed by atoms with Gasteiger partial charge in [0.15, 0.2) is 0 Å². The predicted molar refractivity (Wildman–Crippen MR) is 53.7 cm³/mol. The molecular formula is C6H15NO6P2. The lowest BCUT2D eigenvalue weighted by Crippen LogP contribution is -2.33. The van der Waals surface area contributed by atoms with Gasteiger partial charge in [0.1, 0.15) is 0 Å². The Morgan fingerprint density at radius 2 is 1.73 bits per heavy atom. The molecule has 0 bridgehead atoms. The third kappa shape index (κ3) is 4.74. The largest absolute Gasteiger partial charge is 0.343 e. The number of aliphatic hydroxyl groups is 1. The first-order valence-electron chi connectivity index (χ1n) is 4.62. The third-order valence-electron chi connectivity index (χ3n) is 1.85. The Bertz CT molecular complexity index is 244. The number of nitrogens with two attached hydrogens (primary N) is 1. The van der Waals surface area contributed by atoms with Crippen LogP contribution in [0.4, 0.5) is 0 Å². The molecule has 1 saturated heterocycles. The van der Waals surface area contributed by atoms with E-state index < -0.39 is 22.5 Å². The Kier molecular flexibility index (Phi) is 5.43. The minimum Gasteiger partial charge on any atom is -0.343 e. The molecule has 0 spiro atoms. The zero-order valence-electron chi connectivity index (χ0n) is 8.10. The molecule has 0 radical (unpaired) electrons. The Labute approximate surface area is 88.8 Å². The molecule has 1 fully saturated rings. The van der Waals surface area contributed by atoms with Gasteiger partial charge in [-0.25, -0.2) is 4.31 Å². The van der Waals surface area contributed by atoms with Crippen molar-refractivity contribution in [2.75, 3.05) is 6.54 Å². The van der Waals surface area contributed by atoms with Gasteiger partial charge in [0.2, 0.25) is 0 Å². The first-order valence-corrected chi connectivity index (χ1v) is 7.07. The summed E-state index contributed by atoms with van der Waals surface area (Å²) >= 11 is 0. The Morgan fingerprint density at radius 1 is 1.13 bits per heavy atom. The smallest absolute Gasteiger partial charge is 0.330 e. The second kappa shape index (κ2) is 6.11. The van der Waals surface area contributed by atoms with Gasteiger partial charge in [0.05, 0.1) is 0 Å². The van der Waals surface area contributed by atoms with E-state index in [2.05, 4.69) is 13.4 Å². The van der Waals surface area contributed by atoms with Crippen LogP contribution in [0.3, 0.4) is 0 Å². The second-order valence-corrected chi connectivity index (χ2v) is 5.34. The maximum absolute atomic E-state index is 10.9. The summed E-state index contributed by atoms with van der Waals surface area (Å²) in [6.45, 7) is 0.566. The summed E-state index contributed by atoms with van der Waals surface area (Å²) in [7, 11) is -5.81. The molecule has 2 unspecified atom stereocenters. The van der Waals surface area contributed by atoms with E-state index in [9.17, 15) is 14.2 Å². The van der Waals surface area contributed by atoms with Crippen LogP contribution in [0.1, 0.15) is 25.7 Å². The molecule has 1 rings (SSSR count). The molecule has 1 aliphatic heterocycles. The zero-order chi connectivity index (χ0) is 11.3. The van der Waals surface area contributed by atoms with Crippen LogP contribution >= 0.6 is 16.5 Å². The van der Waals surface area contributed by atoms with Crippen molar-refractivity contribution in [2.45, 2.75) is 31.7 Å².